The van der Waals surface area contributed by atoms with Gasteiger partial charge in [-0.1, -0.05) is 25.1 Å². The molecule has 5 rings (SSSR count). The summed E-state index contributed by atoms with van der Waals surface area (Å²) in [4.78, 5) is 29.1. The second-order valence-electron chi connectivity index (χ2n) is 9.41. The number of fused-ring (bicyclic) bond motifs is 2. The van der Waals surface area contributed by atoms with Crippen molar-refractivity contribution in [2.24, 2.45) is 5.92 Å². The van der Waals surface area contributed by atoms with Crippen LogP contribution in [-0.4, -0.2) is 51.0 Å². The molecule has 0 spiro atoms. The number of rotatable bonds is 9. The van der Waals surface area contributed by atoms with Crippen LogP contribution in [-0.2, 0) is 0 Å². The summed E-state index contributed by atoms with van der Waals surface area (Å²) < 4.78 is 32.3. The highest BCUT2D eigenvalue weighted by Crippen LogP contribution is 2.37. The summed E-state index contributed by atoms with van der Waals surface area (Å²) in [6.45, 7) is 0.255. The summed E-state index contributed by atoms with van der Waals surface area (Å²) in [6, 6.07) is 10.7. The lowest BCUT2D eigenvalue weighted by Crippen LogP contribution is -2.44. The van der Waals surface area contributed by atoms with Crippen LogP contribution in [0.25, 0.3) is 16.4 Å². The molecule has 0 bridgehead atoms. The van der Waals surface area contributed by atoms with Crippen LogP contribution < -0.4 is 15.6 Å². The fourth-order valence-electron chi connectivity index (χ4n) is 4.93. The van der Waals surface area contributed by atoms with Crippen LogP contribution in [0, 0.1) is 5.92 Å². The maximum absolute atomic E-state index is 12.9. The van der Waals surface area contributed by atoms with Gasteiger partial charge in [0.05, 0.1) is 17.3 Å². The molecule has 1 aromatic carbocycles. The molecule has 1 saturated carbocycles. The molecular formula is C26H27F2N5O3. The molecule has 1 atom stereocenters. The number of aromatic amines is 1. The fraction of sp³-hybridized carbons (Fsp3) is 0.385. The van der Waals surface area contributed by atoms with E-state index in [-0.39, 0.29) is 23.4 Å². The molecule has 0 saturated heterocycles. The van der Waals surface area contributed by atoms with E-state index in [1.54, 1.807) is 28.8 Å². The van der Waals surface area contributed by atoms with E-state index in [4.69, 9.17) is 4.74 Å². The van der Waals surface area contributed by atoms with Gasteiger partial charge < -0.3 is 10.1 Å². The fourth-order valence-corrected chi connectivity index (χ4v) is 4.93. The molecule has 36 heavy (non-hydrogen) atoms. The van der Waals surface area contributed by atoms with Gasteiger partial charge in [0.1, 0.15) is 30.4 Å². The quantitative estimate of drug-likeness (QED) is 0.366. The number of carbonyl (C=O) groups is 1. The Hall–Kier alpha value is -3.82. The molecule has 188 valence electrons. The number of carbonyl (C=O) groups excluding carboxylic acids is 1. The van der Waals surface area contributed by atoms with Gasteiger partial charge in [0, 0.05) is 29.6 Å². The highest BCUT2D eigenvalue weighted by Gasteiger charge is 2.32. The number of H-pyrrole nitrogens is 1. The number of nitrogens with zero attached hydrogens (tertiary/aromatic N) is 3. The lowest BCUT2D eigenvalue weighted by Gasteiger charge is -2.37. The van der Waals surface area contributed by atoms with Crippen molar-refractivity contribution in [3.8, 4) is 5.75 Å². The van der Waals surface area contributed by atoms with Gasteiger partial charge in [0.15, 0.2) is 6.10 Å². The molecule has 2 N–H and O–H groups in total. The van der Waals surface area contributed by atoms with Crippen molar-refractivity contribution in [3.05, 3.63) is 70.5 Å². The summed E-state index contributed by atoms with van der Waals surface area (Å²) in [5.74, 6) is 0.670. The molecule has 1 aliphatic rings. The predicted molar refractivity (Wildman–Crippen MR) is 131 cm³/mol. The number of halogens is 2. The van der Waals surface area contributed by atoms with Gasteiger partial charge in [0.2, 0.25) is 0 Å². The van der Waals surface area contributed by atoms with Crippen LogP contribution in [0.15, 0.2) is 53.6 Å². The molecule has 4 aromatic rings. The topological polar surface area (TPSA) is 101 Å². The smallest absolute Gasteiger partial charge is 0.272 e. The molecule has 1 fully saturated rings. The zero-order valence-electron chi connectivity index (χ0n) is 19.8. The number of benzene rings is 1. The first-order valence-corrected chi connectivity index (χ1v) is 12.0. The molecule has 3 aromatic heterocycles. The van der Waals surface area contributed by atoms with Crippen LogP contribution >= 0.6 is 0 Å². The monoisotopic (exact) mass is 495 g/mol. The van der Waals surface area contributed by atoms with E-state index in [1.807, 2.05) is 18.2 Å². The van der Waals surface area contributed by atoms with Crippen molar-refractivity contribution in [1.82, 2.24) is 24.9 Å². The summed E-state index contributed by atoms with van der Waals surface area (Å²) in [7, 11) is 0. The zero-order chi connectivity index (χ0) is 25.2. The van der Waals surface area contributed by atoms with Gasteiger partial charge in [-0.2, -0.15) is 5.10 Å². The predicted octanol–water partition coefficient (Wildman–Crippen LogP) is 3.96. The number of amides is 1. The standard InChI is InChI=1S/C26H27F2N5O3/c1-15(24-20-4-2-3-5-21(20)25(34)32-31-24)8-16-9-17(10-16)30-26(35)22-14-29-23-11-18(6-7-33(22)23)36-19(12-27)13-28/h2-7,11,14-17,19H,8-10,12-13H2,1H3,(H,30,35)(H,32,34)/t15-,16?,17?/m0/s1. The van der Waals surface area contributed by atoms with Crippen LogP contribution in [0.3, 0.4) is 0 Å². The third kappa shape index (κ3) is 4.67. The van der Waals surface area contributed by atoms with Crippen molar-refractivity contribution in [2.45, 2.75) is 44.2 Å². The Balaban J connectivity index is 1.18. The average Bonchev–Trinajstić information content (AvgIpc) is 3.29. The Bertz CT molecular complexity index is 1440. The Labute approximate surface area is 205 Å². The Morgan fingerprint density at radius 2 is 1.97 bits per heavy atom. The van der Waals surface area contributed by atoms with Crippen LogP contribution in [0.1, 0.15) is 48.3 Å². The van der Waals surface area contributed by atoms with E-state index in [0.29, 0.717) is 28.4 Å². The van der Waals surface area contributed by atoms with Gasteiger partial charge in [-0.3, -0.25) is 14.0 Å². The zero-order valence-corrected chi connectivity index (χ0v) is 19.8. The first-order chi connectivity index (χ1) is 17.5. The second-order valence-corrected chi connectivity index (χ2v) is 9.41. The maximum Gasteiger partial charge on any atom is 0.272 e. The van der Waals surface area contributed by atoms with Gasteiger partial charge in [-0.25, -0.2) is 18.9 Å². The number of imidazole rings is 1. The van der Waals surface area contributed by atoms with Crippen molar-refractivity contribution < 1.29 is 18.3 Å². The summed E-state index contributed by atoms with van der Waals surface area (Å²) in [6.07, 6.45) is 4.55. The number of pyridine rings is 1. The van der Waals surface area contributed by atoms with Crippen molar-refractivity contribution in [3.63, 3.8) is 0 Å². The number of hydrogen-bond acceptors (Lipinski definition) is 5. The van der Waals surface area contributed by atoms with Crippen molar-refractivity contribution in [2.75, 3.05) is 13.3 Å². The van der Waals surface area contributed by atoms with E-state index in [9.17, 15) is 18.4 Å². The normalized spacial score (nSPS) is 18.3. The molecule has 1 amide bonds. The van der Waals surface area contributed by atoms with E-state index in [2.05, 4.69) is 27.4 Å². The average molecular weight is 496 g/mol. The lowest BCUT2D eigenvalue weighted by atomic mass is 9.74. The Morgan fingerprint density at radius 3 is 2.72 bits per heavy atom. The van der Waals surface area contributed by atoms with Gasteiger partial charge in [0.25, 0.3) is 11.5 Å². The summed E-state index contributed by atoms with van der Waals surface area (Å²) >= 11 is 0. The molecular weight excluding hydrogens is 468 g/mol. The molecule has 0 unspecified atom stereocenters. The Kier molecular flexibility index (Phi) is 6.67. The first-order valence-electron chi connectivity index (χ1n) is 12.0. The molecule has 0 radical (unpaired) electrons. The molecule has 0 aliphatic heterocycles. The van der Waals surface area contributed by atoms with E-state index < -0.39 is 19.5 Å². The van der Waals surface area contributed by atoms with Crippen LogP contribution in [0.4, 0.5) is 8.78 Å². The Morgan fingerprint density at radius 1 is 1.22 bits per heavy atom. The summed E-state index contributed by atoms with van der Waals surface area (Å²) in [5, 5.41) is 11.5. The number of ether oxygens (including phenoxy) is 1. The van der Waals surface area contributed by atoms with E-state index in [0.717, 1.165) is 30.3 Å². The minimum absolute atomic E-state index is 0.0676. The minimum atomic E-state index is -1.15. The first kappa shape index (κ1) is 23.9. The third-order valence-corrected chi connectivity index (χ3v) is 6.81. The van der Waals surface area contributed by atoms with Gasteiger partial charge in [-0.15, -0.1) is 0 Å². The van der Waals surface area contributed by atoms with Gasteiger partial charge >= 0.3 is 0 Å². The lowest BCUT2D eigenvalue weighted by molar-refractivity contribution is 0.0877. The molecule has 3 heterocycles. The largest absolute Gasteiger partial charge is 0.485 e. The molecule has 1 aliphatic carbocycles. The third-order valence-electron chi connectivity index (χ3n) is 6.81. The van der Waals surface area contributed by atoms with Gasteiger partial charge in [-0.05, 0) is 37.3 Å². The molecule has 8 nitrogen and oxygen atoms in total. The number of aromatic nitrogens is 4. The van der Waals surface area contributed by atoms with Crippen molar-refractivity contribution >= 4 is 22.3 Å². The van der Waals surface area contributed by atoms with Crippen LogP contribution in [0.5, 0.6) is 5.75 Å². The maximum atomic E-state index is 12.9. The highest BCUT2D eigenvalue weighted by molar-refractivity contribution is 5.93. The minimum Gasteiger partial charge on any atom is -0.485 e. The summed E-state index contributed by atoms with van der Waals surface area (Å²) in [5.41, 5.74) is 1.53. The van der Waals surface area contributed by atoms with Crippen LogP contribution in [0.2, 0.25) is 0 Å². The molecule has 10 heteroatoms. The number of nitrogens with one attached hydrogen (secondary N) is 2. The second kappa shape index (κ2) is 10.0. The SMILES string of the molecule is C[C@@H](CC1CC(NC(=O)c2cnc3cc(OC(CF)CF)ccn23)C1)c1n[nH]c(=O)c2ccccc12. The van der Waals surface area contributed by atoms with E-state index >= 15 is 0 Å². The number of hydrogen-bond donors (Lipinski definition) is 2. The van der Waals surface area contributed by atoms with Crippen molar-refractivity contribution in [1.29, 1.82) is 0 Å². The highest BCUT2D eigenvalue weighted by atomic mass is 19.1. The van der Waals surface area contributed by atoms with E-state index in [1.165, 1.54) is 6.20 Å². The number of alkyl halides is 2.